The fraction of sp³-hybridized carbons (Fsp3) is 0.389. The van der Waals surface area contributed by atoms with Crippen LogP contribution in [0.3, 0.4) is 0 Å². The Bertz CT molecular complexity index is 987. The van der Waals surface area contributed by atoms with Crippen molar-refractivity contribution in [3.05, 3.63) is 35.4 Å². The first-order chi connectivity index (χ1) is 13.2. The van der Waals surface area contributed by atoms with Gasteiger partial charge in [0.2, 0.25) is 17.1 Å². The van der Waals surface area contributed by atoms with E-state index in [0.29, 0.717) is 35.9 Å². The molecular weight excluding hydrogens is 362 g/mol. The molecule has 2 N–H and O–H groups in total. The number of fused-ring (bicyclic) bond motifs is 2. The lowest BCUT2D eigenvalue weighted by molar-refractivity contribution is 0.0979. The van der Waals surface area contributed by atoms with Crippen LogP contribution in [-0.2, 0) is 6.42 Å². The molecule has 0 saturated carbocycles. The highest BCUT2D eigenvalue weighted by Gasteiger charge is 2.29. The lowest BCUT2D eigenvalue weighted by Crippen LogP contribution is -2.24. The van der Waals surface area contributed by atoms with Crippen molar-refractivity contribution in [2.24, 2.45) is 0 Å². The van der Waals surface area contributed by atoms with Crippen LogP contribution in [0.15, 0.2) is 29.4 Å². The van der Waals surface area contributed by atoms with Gasteiger partial charge in [-0.3, -0.25) is 4.79 Å². The zero-order chi connectivity index (χ0) is 18.8. The van der Waals surface area contributed by atoms with Crippen LogP contribution in [0.2, 0.25) is 0 Å². The van der Waals surface area contributed by atoms with Gasteiger partial charge in [-0.2, -0.15) is 19.5 Å². The van der Waals surface area contributed by atoms with Crippen LogP contribution in [0, 0.1) is 0 Å². The maximum atomic E-state index is 12.8. The number of nitrogens with zero attached hydrogens (tertiary/aromatic N) is 5. The summed E-state index contributed by atoms with van der Waals surface area (Å²) in [5.74, 6) is 1.70. The van der Waals surface area contributed by atoms with Crippen LogP contribution < -0.4 is 10.6 Å². The summed E-state index contributed by atoms with van der Waals surface area (Å²) in [6, 6.07) is 7.82. The summed E-state index contributed by atoms with van der Waals surface area (Å²) in [6.07, 6.45) is 1.67. The Hall–Kier alpha value is -2.68. The van der Waals surface area contributed by atoms with Crippen molar-refractivity contribution in [3.8, 4) is 0 Å². The predicted octanol–water partition coefficient (Wildman–Crippen LogP) is 2.67. The molecule has 9 heteroatoms. The molecule has 8 nitrogen and oxygen atoms in total. The third-order valence-corrected chi connectivity index (χ3v) is 5.48. The third-order valence-electron chi connectivity index (χ3n) is 4.36. The monoisotopic (exact) mass is 383 g/mol. The van der Waals surface area contributed by atoms with Gasteiger partial charge >= 0.3 is 0 Å². The standard InChI is InChI=1S/C18H21N7OS/c1-3-19-15-21-16(20-4-2)25-17(22-15)23-18(24-25)27-13-10-9-11-7-5-6-8-12(11)14(13)26/h5-8,13H,3-4,9-10H2,1-2H3,(H2,19,20,21,22,23,24). The molecule has 1 aromatic carbocycles. The van der Waals surface area contributed by atoms with E-state index in [1.54, 1.807) is 4.52 Å². The van der Waals surface area contributed by atoms with Gasteiger partial charge < -0.3 is 10.6 Å². The minimum Gasteiger partial charge on any atom is -0.354 e. The number of benzene rings is 1. The summed E-state index contributed by atoms with van der Waals surface area (Å²) >= 11 is 1.40. The number of hydrogen-bond acceptors (Lipinski definition) is 8. The number of anilines is 2. The minimum atomic E-state index is -0.180. The van der Waals surface area contributed by atoms with Crippen LogP contribution in [0.5, 0.6) is 0 Å². The molecule has 0 fully saturated rings. The molecule has 0 saturated heterocycles. The molecule has 0 aliphatic heterocycles. The number of Topliss-reactive ketones (excluding diaryl/α,β-unsaturated/α-hetero) is 1. The second-order valence-corrected chi connectivity index (χ2v) is 7.37. The summed E-state index contributed by atoms with van der Waals surface area (Å²) < 4.78 is 1.59. The van der Waals surface area contributed by atoms with Gasteiger partial charge in [0.05, 0.1) is 5.25 Å². The number of rotatable bonds is 6. The van der Waals surface area contributed by atoms with Crippen molar-refractivity contribution in [2.75, 3.05) is 23.7 Å². The van der Waals surface area contributed by atoms with Crippen LogP contribution in [-0.4, -0.2) is 48.7 Å². The van der Waals surface area contributed by atoms with E-state index in [1.807, 2.05) is 38.1 Å². The van der Waals surface area contributed by atoms with Crippen molar-refractivity contribution in [1.29, 1.82) is 0 Å². The van der Waals surface area contributed by atoms with Crippen LogP contribution >= 0.6 is 11.8 Å². The minimum absolute atomic E-state index is 0.145. The predicted molar refractivity (Wildman–Crippen MR) is 106 cm³/mol. The normalized spacial score (nSPS) is 16.4. The Morgan fingerprint density at radius 3 is 2.78 bits per heavy atom. The quantitative estimate of drug-likeness (QED) is 0.671. The summed E-state index contributed by atoms with van der Waals surface area (Å²) in [7, 11) is 0. The van der Waals surface area contributed by atoms with E-state index in [9.17, 15) is 4.79 Å². The van der Waals surface area contributed by atoms with Gasteiger partial charge in [0, 0.05) is 18.7 Å². The van der Waals surface area contributed by atoms with Gasteiger partial charge in [0.1, 0.15) is 0 Å². The third kappa shape index (κ3) is 3.46. The molecule has 0 radical (unpaired) electrons. The Morgan fingerprint density at radius 2 is 1.96 bits per heavy atom. The topological polar surface area (TPSA) is 97.1 Å². The molecule has 1 atom stereocenters. The van der Waals surface area contributed by atoms with E-state index in [4.69, 9.17) is 0 Å². The molecule has 1 aliphatic rings. The first-order valence-corrected chi connectivity index (χ1v) is 9.99. The van der Waals surface area contributed by atoms with Crippen LogP contribution in [0.4, 0.5) is 11.9 Å². The molecule has 0 spiro atoms. The van der Waals surface area contributed by atoms with Gasteiger partial charge in [0.15, 0.2) is 5.78 Å². The summed E-state index contributed by atoms with van der Waals surface area (Å²) in [6.45, 7) is 5.40. The Kier molecular flexibility index (Phi) is 4.93. The number of ketones is 1. The number of carbonyl (C=O) groups is 1. The van der Waals surface area contributed by atoms with E-state index < -0.39 is 0 Å². The van der Waals surface area contributed by atoms with Crippen molar-refractivity contribution in [1.82, 2.24) is 24.6 Å². The molecule has 2 heterocycles. The molecule has 3 aromatic rings. The van der Waals surface area contributed by atoms with E-state index in [2.05, 4.69) is 30.7 Å². The van der Waals surface area contributed by atoms with Gasteiger partial charge in [-0.15, -0.1) is 5.10 Å². The number of hydrogen-bond donors (Lipinski definition) is 2. The fourth-order valence-electron chi connectivity index (χ4n) is 3.14. The first-order valence-electron chi connectivity index (χ1n) is 9.11. The molecular formula is C18H21N7OS. The average molecular weight is 383 g/mol. The summed E-state index contributed by atoms with van der Waals surface area (Å²) in [4.78, 5) is 26.2. The largest absolute Gasteiger partial charge is 0.354 e. The van der Waals surface area contributed by atoms with E-state index in [1.165, 1.54) is 11.8 Å². The highest BCUT2D eigenvalue weighted by molar-refractivity contribution is 8.00. The molecule has 140 valence electrons. The lowest BCUT2D eigenvalue weighted by Gasteiger charge is -2.21. The second-order valence-electron chi connectivity index (χ2n) is 6.20. The summed E-state index contributed by atoms with van der Waals surface area (Å²) in [5, 5.41) is 11.2. The van der Waals surface area contributed by atoms with Gasteiger partial charge in [-0.25, -0.2) is 0 Å². The highest BCUT2D eigenvalue weighted by atomic mass is 32.2. The maximum absolute atomic E-state index is 12.8. The van der Waals surface area contributed by atoms with Gasteiger partial charge in [-0.1, -0.05) is 36.0 Å². The van der Waals surface area contributed by atoms with Crippen molar-refractivity contribution in [3.63, 3.8) is 0 Å². The Labute approximate surface area is 161 Å². The molecule has 2 aromatic heterocycles. The molecule has 1 aliphatic carbocycles. The van der Waals surface area contributed by atoms with E-state index in [0.717, 1.165) is 24.0 Å². The Morgan fingerprint density at radius 1 is 1.15 bits per heavy atom. The molecule has 4 rings (SSSR count). The SMILES string of the molecule is CCNc1nc(NCC)n2nc(SC3CCc4ccccc4C3=O)nc2n1. The smallest absolute Gasteiger partial charge is 0.259 e. The molecule has 27 heavy (non-hydrogen) atoms. The van der Waals surface area contributed by atoms with Gasteiger partial charge in [0.25, 0.3) is 5.78 Å². The highest BCUT2D eigenvalue weighted by Crippen LogP contribution is 2.32. The number of aromatic nitrogens is 5. The average Bonchev–Trinajstić information content (AvgIpc) is 3.07. The fourth-order valence-corrected chi connectivity index (χ4v) is 4.12. The van der Waals surface area contributed by atoms with E-state index in [-0.39, 0.29) is 11.0 Å². The van der Waals surface area contributed by atoms with E-state index >= 15 is 0 Å². The Balaban J connectivity index is 1.63. The summed E-state index contributed by atoms with van der Waals surface area (Å²) in [5.41, 5.74) is 1.94. The van der Waals surface area contributed by atoms with Crippen LogP contribution in [0.25, 0.3) is 5.78 Å². The number of nitrogens with one attached hydrogen (secondary N) is 2. The second kappa shape index (κ2) is 7.51. The number of thioether (sulfide) groups is 1. The van der Waals surface area contributed by atoms with Gasteiger partial charge in [-0.05, 0) is 32.3 Å². The number of aryl methyl sites for hydroxylation is 1. The molecule has 1 unspecified atom stereocenters. The van der Waals surface area contributed by atoms with Crippen molar-refractivity contribution >= 4 is 35.2 Å². The number of carbonyl (C=O) groups excluding carboxylic acids is 1. The lowest BCUT2D eigenvalue weighted by atomic mass is 9.90. The van der Waals surface area contributed by atoms with Crippen molar-refractivity contribution in [2.45, 2.75) is 37.1 Å². The zero-order valence-electron chi connectivity index (χ0n) is 15.3. The molecule has 0 bridgehead atoms. The maximum Gasteiger partial charge on any atom is 0.259 e. The van der Waals surface area contributed by atoms with Crippen LogP contribution in [0.1, 0.15) is 36.2 Å². The first kappa shape index (κ1) is 17.7. The molecule has 0 amide bonds. The van der Waals surface area contributed by atoms with Crippen molar-refractivity contribution < 1.29 is 4.79 Å². The zero-order valence-corrected chi connectivity index (χ0v) is 16.1.